The minimum atomic E-state index is -0.301. The van der Waals surface area contributed by atoms with Crippen LogP contribution in [0.25, 0.3) is 0 Å². The molecule has 0 spiro atoms. The molecule has 3 rings (SSSR count). The molecule has 0 fully saturated rings. The number of anilines is 1. The Kier molecular flexibility index (Phi) is 6.13. The van der Waals surface area contributed by atoms with Crippen molar-refractivity contribution in [3.63, 3.8) is 0 Å². The quantitative estimate of drug-likeness (QED) is 0.827. The molecule has 0 unspecified atom stereocenters. The van der Waals surface area contributed by atoms with Gasteiger partial charge in [0.25, 0.3) is 5.91 Å². The topological polar surface area (TPSA) is 61.4 Å². The molecule has 0 radical (unpaired) electrons. The molecule has 7 heteroatoms. The third-order valence-corrected chi connectivity index (χ3v) is 5.49. The second kappa shape index (κ2) is 8.54. The molecule has 1 aliphatic rings. The van der Waals surface area contributed by atoms with Gasteiger partial charge in [0.05, 0.1) is 11.7 Å². The van der Waals surface area contributed by atoms with Gasteiger partial charge in [0.15, 0.2) is 0 Å². The van der Waals surface area contributed by atoms with Gasteiger partial charge in [-0.15, -0.1) is 11.8 Å². The summed E-state index contributed by atoms with van der Waals surface area (Å²) in [6.45, 7) is 0.341. The van der Waals surface area contributed by atoms with E-state index in [4.69, 9.17) is 0 Å². The van der Waals surface area contributed by atoms with Crippen LogP contribution in [0, 0.1) is 5.82 Å². The molecule has 27 heavy (non-hydrogen) atoms. The van der Waals surface area contributed by atoms with Crippen molar-refractivity contribution in [1.29, 1.82) is 0 Å². The maximum Gasteiger partial charge on any atom is 0.251 e. The summed E-state index contributed by atoms with van der Waals surface area (Å²) in [6.07, 6.45) is 0.457. The highest BCUT2D eigenvalue weighted by Gasteiger charge is 2.18. The maximum atomic E-state index is 13.5. The largest absolute Gasteiger partial charge is 0.350 e. The van der Waals surface area contributed by atoms with Crippen LogP contribution < -0.4 is 10.6 Å². The van der Waals surface area contributed by atoms with Gasteiger partial charge in [-0.25, -0.2) is 4.39 Å². The Hall–Kier alpha value is -2.38. The van der Waals surface area contributed by atoms with Crippen molar-refractivity contribution in [2.75, 3.05) is 31.7 Å². The molecule has 0 saturated heterocycles. The number of likely N-dealkylation sites (N-methyl/N-ethyl adjacent to an activating group) is 1. The Bertz CT molecular complexity index is 857. The summed E-state index contributed by atoms with van der Waals surface area (Å²) in [6, 6.07) is 11.5. The fourth-order valence-corrected chi connectivity index (χ4v) is 3.90. The molecule has 1 atom stereocenters. The van der Waals surface area contributed by atoms with Crippen LogP contribution in [0.4, 0.5) is 10.1 Å². The monoisotopic (exact) mass is 387 g/mol. The summed E-state index contributed by atoms with van der Waals surface area (Å²) in [7, 11) is 3.77. The zero-order valence-electron chi connectivity index (χ0n) is 15.3. The van der Waals surface area contributed by atoms with Gasteiger partial charge in [-0.1, -0.05) is 12.1 Å². The lowest BCUT2D eigenvalue weighted by Crippen LogP contribution is -2.34. The third-order valence-electron chi connectivity index (χ3n) is 4.42. The fourth-order valence-electron chi connectivity index (χ4n) is 2.97. The molecule has 142 valence electrons. The van der Waals surface area contributed by atoms with Crippen molar-refractivity contribution in [1.82, 2.24) is 10.2 Å². The van der Waals surface area contributed by atoms with Gasteiger partial charge in [-0.05, 0) is 50.0 Å². The van der Waals surface area contributed by atoms with Gasteiger partial charge in [-0.3, -0.25) is 9.59 Å². The molecule has 2 aromatic rings. The Balaban J connectivity index is 1.72. The fraction of sp³-hybridized carbons (Fsp3) is 0.300. The van der Waals surface area contributed by atoms with E-state index < -0.39 is 0 Å². The number of carbonyl (C=O) groups excluding carboxylic acids is 2. The number of rotatable bonds is 5. The molecule has 5 nitrogen and oxygen atoms in total. The van der Waals surface area contributed by atoms with E-state index in [0.29, 0.717) is 24.2 Å². The summed E-state index contributed by atoms with van der Waals surface area (Å²) < 4.78 is 13.5. The zero-order valence-corrected chi connectivity index (χ0v) is 16.1. The molecule has 2 N–H and O–H groups in total. The number of hydrogen-bond acceptors (Lipinski definition) is 4. The normalized spacial score (nSPS) is 14.9. The lowest BCUT2D eigenvalue weighted by molar-refractivity contribution is -0.115. The van der Waals surface area contributed by atoms with Crippen LogP contribution in [-0.2, 0) is 4.79 Å². The second-order valence-electron chi connectivity index (χ2n) is 6.60. The van der Waals surface area contributed by atoms with Crippen molar-refractivity contribution in [3.8, 4) is 0 Å². The van der Waals surface area contributed by atoms with E-state index in [1.807, 2.05) is 31.1 Å². The SMILES string of the molecule is CN(C)[C@@H](CNC(=O)c1ccc2c(c1)NC(=O)CCS2)c1cccc(F)c1. The van der Waals surface area contributed by atoms with E-state index >= 15 is 0 Å². The molecule has 0 aliphatic carbocycles. The minimum absolute atomic E-state index is 0.0439. The van der Waals surface area contributed by atoms with Crippen molar-refractivity contribution < 1.29 is 14.0 Å². The van der Waals surface area contributed by atoms with Crippen molar-refractivity contribution >= 4 is 29.3 Å². The molecule has 2 aromatic carbocycles. The van der Waals surface area contributed by atoms with Crippen LogP contribution in [-0.4, -0.2) is 43.1 Å². The van der Waals surface area contributed by atoms with Crippen molar-refractivity contribution in [2.24, 2.45) is 0 Å². The van der Waals surface area contributed by atoms with E-state index in [-0.39, 0.29) is 23.7 Å². The standard InChI is InChI=1S/C20H22FN3O2S/c1-24(2)17(13-4-3-5-15(21)10-13)12-22-20(26)14-6-7-18-16(11-14)23-19(25)8-9-27-18/h3-7,10-11,17H,8-9,12H2,1-2H3,(H,22,26)(H,23,25)/t17-/m0/s1. The van der Waals surface area contributed by atoms with Crippen LogP contribution in [0.2, 0.25) is 0 Å². The van der Waals surface area contributed by atoms with Crippen LogP contribution in [0.15, 0.2) is 47.4 Å². The van der Waals surface area contributed by atoms with Crippen LogP contribution >= 0.6 is 11.8 Å². The lowest BCUT2D eigenvalue weighted by Gasteiger charge is -2.25. The number of nitrogens with one attached hydrogen (secondary N) is 2. The Morgan fingerprint density at radius 2 is 2.11 bits per heavy atom. The number of thioether (sulfide) groups is 1. The minimum Gasteiger partial charge on any atom is -0.350 e. The Morgan fingerprint density at radius 3 is 2.85 bits per heavy atom. The molecular weight excluding hydrogens is 365 g/mol. The molecular formula is C20H22FN3O2S. The average molecular weight is 387 g/mol. The summed E-state index contributed by atoms with van der Waals surface area (Å²) in [5.41, 5.74) is 1.95. The van der Waals surface area contributed by atoms with Gasteiger partial charge >= 0.3 is 0 Å². The summed E-state index contributed by atoms with van der Waals surface area (Å²) in [5, 5.41) is 5.75. The van der Waals surface area contributed by atoms with Gasteiger partial charge in [0, 0.05) is 29.2 Å². The molecule has 1 aliphatic heterocycles. The van der Waals surface area contributed by atoms with E-state index in [2.05, 4.69) is 10.6 Å². The van der Waals surface area contributed by atoms with E-state index in [1.54, 1.807) is 30.0 Å². The second-order valence-corrected chi connectivity index (χ2v) is 7.74. The number of halogens is 1. The van der Waals surface area contributed by atoms with Crippen LogP contribution in [0.3, 0.4) is 0 Å². The number of amides is 2. The first-order valence-corrected chi connectivity index (χ1v) is 9.69. The van der Waals surface area contributed by atoms with Gasteiger partial charge in [-0.2, -0.15) is 0 Å². The number of hydrogen-bond donors (Lipinski definition) is 2. The molecule has 0 aromatic heterocycles. The van der Waals surface area contributed by atoms with E-state index in [9.17, 15) is 14.0 Å². The summed E-state index contributed by atoms with van der Waals surface area (Å²) in [5.74, 6) is 0.148. The van der Waals surface area contributed by atoms with Gasteiger partial charge < -0.3 is 15.5 Å². The zero-order chi connectivity index (χ0) is 19.4. The first kappa shape index (κ1) is 19.4. The predicted molar refractivity (Wildman–Crippen MR) is 106 cm³/mol. The lowest BCUT2D eigenvalue weighted by atomic mass is 10.1. The maximum absolute atomic E-state index is 13.5. The number of fused-ring (bicyclic) bond motifs is 1. The van der Waals surface area contributed by atoms with E-state index in [1.165, 1.54) is 12.1 Å². The van der Waals surface area contributed by atoms with Crippen molar-refractivity contribution in [2.45, 2.75) is 17.4 Å². The van der Waals surface area contributed by atoms with Crippen LogP contribution in [0.1, 0.15) is 28.4 Å². The first-order valence-electron chi connectivity index (χ1n) is 8.71. The van der Waals surface area contributed by atoms with E-state index in [0.717, 1.165) is 16.2 Å². The smallest absolute Gasteiger partial charge is 0.251 e. The van der Waals surface area contributed by atoms with Crippen molar-refractivity contribution in [3.05, 3.63) is 59.4 Å². The average Bonchev–Trinajstić information content (AvgIpc) is 2.81. The van der Waals surface area contributed by atoms with Gasteiger partial charge in [0.1, 0.15) is 5.82 Å². The third kappa shape index (κ3) is 4.87. The number of benzene rings is 2. The first-order chi connectivity index (χ1) is 12.9. The molecule has 1 heterocycles. The van der Waals surface area contributed by atoms with Crippen LogP contribution in [0.5, 0.6) is 0 Å². The highest BCUT2D eigenvalue weighted by molar-refractivity contribution is 7.99. The van der Waals surface area contributed by atoms with Gasteiger partial charge in [0.2, 0.25) is 5.91 Å². The number of nitrogens with zero attached hydrogens (tertiary/aromatic N) is 1. The number of carbonyl (C=O) groups is 2. The predicted octanol–water partition coefficient (Wildman–Crippen LogP) is 3.29. The highest BCUT2D eigenvalue weighted by Crippen LogP contribution is 2.31. The summed E-state index contributed by atoms with van der Waals surface area (Å²) >= 11 is 1.60. The Labute approximate surface area is 162 Å². The Morgan fingerprint density at radius 1 is 1.30 bits per heavy atom. The molecule has 0 bridgehead atoms. The molecule has 2 amide bonds. The highest BCUT2D eigenvalue weighted by atomic mass is 32.2. The summed E-state index contributed by atoms with van der Waals surface area (Å²) in [4.78, 5) is 27.2. The molecule has 0 saturated carbocycles.